The van der Waals surface area contributed by atoms with E-state index in [4.69, 9.17) is 34.2 Å². The molecule has 10 heterocycles. The van der Waals surface area contributed by atoms with Gasteiger partial charge in [0.05, 0.1) is 53.1 Å². The minimum atomic E-state index is -4.48. The lowest BCUT2D eigenvalue weighted by molar-refractivity contribution is -0.142. The fourth-order valence-electron chi connectivity index (χ4n) is 9.70. The molecule has 6 aliphatic rings. The topological polar surface area (TPSA) is 210 Å². The van der Waals surface area contributed by atoms with Crippen LogP contribution in [0.25, 0.3) is 22.5 Å². The summed E-state index contributed by atoms with van der Waals surface area (Å²) in [5, 5.41) is 6.17. The third-order valence-corrected chi connectivity index (χ3v) is 13.3. The van der Waals surface area contributed by atoms with Gasteiger partial charge >= 0.3 is 30.4 Å². The van der Waals surface area contributed by atoms with Crippen LogP contribution in [0.2, 0.25) is 0 Å². The fourth-order valence-corrected chi connectivity index (χ4v) is 9.70. The van der Waals surface area contributed by atoms with E-state index in [0.29, 0.717) is 66.6 Å². The summed E-state index contributed by atoms with van der Waals surface area (Å²) < 4.78 is 112. The first-order chi connectivity index (χ1) is 37.1. The molecule has 82 heavy (non-hydrogen) atoms. The van der Waals surface area contributed by atoms with Gasteiger partial charge in [0.1, 0.15) is 37.1 Å². The van der Waals surface area contributed by atoms with Crippen molar-refractivity contribution in [3.63, 3.8) is 0 Å². The normalized spacial score (nSPS) is 20.2. The van der Waals surface area contributed by atoms with Gasteiger partial charge in [-0.1, -0.05) is 24.3 Å². The fraction of sp³-hybridized carbons (Fsp3) is 0.415. The van der Waals surface area contributed by atoms with E-state index in [2.05, 4.69) is 50.3 Å². The van der Waals surface area contributed by atoms with Crippen LogP contribution in [0.4, 0.5) is 65.8 Å². The number of carbonyl (C=O) groups is 1. The molecule has 4 N–H and O–H groups in total. The molecule has 444 valence electrons. The first-order valence-electron chi connectivity index (χ1n) is 25.2. The number of halogens is 6. The summed E-state index contributed by atoms with van der Waals surface area (Å²) in [5.74, 6) is 0.547. The number of hydrogen-bond donors (Lipinski definition) is 3. The Bertz CT molecular complexity index is 3160. The minimum Gasteiger partial charge on any atom is -0.461 e. The molecule has 4 aromatic heterocycles. The van der Waals surface area contributed by atoms with Crippen molar-refractivity contribution in [3.8, 4) is 34.5 Å². The van der Waals surface area contributed by atoms with Crippen LogP contribution in [-0.2, 0) is 31.3 Å². The van der Waals surface area contributed by atoms with Crippen LogP contribution in [0.5, 0.6) is 12.0 Å². The molecule has 12 rings (SSSR count). The summed E-state index contributed by atoms with van der Waals surface area (Å²) in [7, 11) is 0. The van der Waals surface area contributed by atoms with Crippen LogP contribution in [0.1, 0.15) is 51.7 Å². The van der Waals surface area contributed by atoms with Crippen molar-refractivity contribution < 1.29 is 59.6 Å². The van der Waals surface area contributed by atoms with E-state index in [1.165, 1.54) is 18.3 Å². The van der Waals surface area contributed by atoms with E-state index >= 15 is 0 Å². The van der Waals surface area contributed by atoms with Crippen molar-refractivity contribution in [2.75, 3.05) is 83.7 Å². The Morgan fingerprint density at radius 3 is 1.78 bits per heavy atom. The van der Waals surface area contributed by atoms with Crippen molar-refractivity contribution in [2.45, 2.75) is 88.8 Å². The van der Waals surface area contributed by atoms with E-state index in [1.54, 1.807) is 53.6 Å². The van der Waals surface area contributed by atoms with Gasteiger partial charge in [-0.25, -0.2) is 24.7 Å². The number of nitrogens with two attached hydrogens (primary N) is 1. The van der Waals surface area contributed by atoms with Gasteiger partial charge in [0, 0.05) is 55.7 Å². The number of nitrogen functional groups attached to an aromatic ring is 1. The van der Waals surface area contributed by atoms with Crippen molar-refractivity contribution in [2.24, 2.45) is 0 Å². The molecule has 6 aromatic rings. The number of aromatic nitrogens is 6. The summed E-state index contributed by atoms with van der Waals surface area (Å²) in [6.07, 6.45) is -4.38. The summed E-state index contributed by atoms with van der Waals surface area (Å²) in [4.78, 5) is 45.0. The third-order valence-electron chi connectivity index (χ3n) is 13.3. The number of alkyl halides is 6. The van der Waals surface area contributed by atoms with E-state index in [0.717, 1.165) is 73.9 Å². The Morgan fingerprint density at radius 1 is 0.683 bits per heavy atom. The molecule has 29 heteroatoms. The number of amides is 2. The second kappa shape index (κ2) is 26.6. The van der Waals surface area contributed by atoms with Crippen molar-refractivity contribution in [1.82, 2.24) is 29.9 Å². The third kappa shape index (κ3) is 15.7. The number of nitrogens with zero attached hydrogens (tertiary/aromatic N) is 9. The molecule has 4 bridgehead atoms. The zero-order valence-corrected chi connectivity index (χ0v) is 48.8. The monoisotopic (exact) mass is 1220 g/mol. The zero-order chi connectivity index (χ0) is 55.0. The van der Waals surface area contributed by atoms with Crippen molar-refractivity contribution in [3.05, 3.63) is 108 Å². The van der Waals surface area contributed by atoms with E-state index in [9.17, 15) is 31.1 Å². The molecular weight excluding hydrogens is 1160 g/mol. The van der Waals surface area contributed by atoms with Gasteiger partial charge in [0.2, 0.25) is 0 Å². The minimum absolute atomic E-state index is 0. The molecule has 4 atom stereocenters. The Labute approximate surface area is 497 Å². The van der Waals surface area contributed by atoms with Gasteiger partial charge < -0.3 is 49.3 Å². The molecule has 19 nitrogen and oxygen atoms in total. The van der Waals surface area contributed by atoms with Crippen LogP contribution in [0.3, 0.4) is 0 Å². The molecule has 0 unspecified atom stereocenters. The number of ether oxygens (including phenoxy) is 6. The molecule has 2 amide bonds. The van der Waals surface area contributed by atoms with Crippen LogP contribution in [0.15, 0.2) is 97.3 Å². The van der Waals surface area contributed by atoms with Gasteiger partial charge in [0.25, 0.3) is 0 Å². The highest BCUT2D eigenvalue weighted by Gasteiger charge is 2.41. The number of pyridine rings is 2. The molecule has 6 aliphatic heterocycles. The number of urea groups is 1. The smallest absolute Gasteiger partial charge is 0.416 e. The summed E-state index contributed by atoms with van der Waals surface area (Å²) in [6.45, 7) is 12.1. The van der Waals surface area contributed by atoms with Gasteiger partial charge in [0.15, 0.2) is 23.2 Å². The Kier molecular flexibility index (Phi) is 21.0. The lowest BCUT2D eigenvalue weighted by Crippen LogP contribution is -2.48. The maximum Gasteiger partial charge on any atom is 0.416 e. The Hall–Kier alpha value is -6.21. The van der Waals surface area contributed by atoms with Crippen LogP contribution >= 0.6 is 54.0 Å². The largest absolute Gasteiger partial charge is 0.461 e. The Balaban J connectivity index is 0.000000217. The molecular formula is C53H64F6N12O7S4. The van der Waals surface area contributed by atoms with Gasteiger partial charge in [-0.15, -0.1) is 0 Å². The number of rotatable bonds is 9. The second-order valence-corrected chi connectivity index (χ2v) is 20.0. The Morgan fingerprint density at radius 2 is 1.22 bits per heavy atom. The summed E-state index contributed by atoms with van der Waals surface area (Å²) in [5.41, 5.74) is 7.54. The number of nitrogens with one attached hydrogen (secondary N) is 2. The summed E-state index contributed by atoms with van der Waals surface area (Å²) >= 11 is 0. The van der Waals surface area contributed by atoms with Crippen LogP contribution < -0.4 is 40.5 Å². The standard InChI is InChI=1S/C27H27F3N6O4.C16H14F3N3.C10H15N3O3.4H2S/c1-26(2)39-15-19(40-26)14-38-24-31-10-8-22(33-24)34-25(37)36-18-9-11-35(13-18)21-7-6-20(32-23(21)36)16-4-3-5-17(12-16)27(28,29)30;17-16(18,19)11-3-1-2-10(8-11)13-4-5-14-15(21-13)20-12-6-7-22(14)9-12;1-10(2)15-6-7(16-10)5-14-9-12-4-3-8(11)13-9;;;;/h3-8,10,12,18-19H,9,11,13-15H2,1-2H3,(H,31,33,34,37);1-5,8,12H,6-7,9H2,(H,20,21);3-4,7H,5-6H2,1-2H3,(H2,11,12,13);4*1H2/t18-,19-;12-;7-;;;;/m000..../s1. The maximum atomic E-state index is 13.6. The van der Waals surface area contributed by atoms with Gasteiger partial charge in [-0.3, -0.25) is 10.2 Å². The number of anilines is 6. The zero-order valence-electron chi connectivity index (χ0n) is 44.8. The van der Waals surface area contributed by atoms with E-state index in [1.807, 2.05) is 33.8 Å². The molecule has 0 radical (unpaired) electrons. The van der Waals surface area contributed by atoms with Gasteiger partial charge in [-0.2, -0.15) is 90.3 Å². The molecule has 4 fully saturated rings. The quantitative estimate of drug-likeness (QED) is 0.115. The van der Waals surface area contributed by atoms with Gasteiger partial charge in [-0.05, 0) is 101 Å². The average Bonchev–Trinajstić information content (AvgIpc) is 4.34. The number of hydrogen-bond acceptors (Lipinski definition) is 17. The summed E-state index contributed by atoms with van der Waals surface area (Å²) in [6, 6.07) is 20.7. The van der Waals surface area contributed by atoms with Crippen LogP contribution in [-0.4, -0.2) is 124 Å². The number of benzene rings is 2. The SMILES string of the molecule is CC1(C)OC[C@H](COc2nccc(N)n2)O1.CC1(C)OC[C@H](COc2nccc(NC(=O)N3c4nc(-c5cccc(C(F)(F)F)c5)ccc4N4CC[C@H]3C4)n2)O1.FC(F)(F)c1cccc(-c2ccc3c(n2)N[C@H]2CCN3C2)c1.S.S.S.S. The highest BCUT2D eigenvalue weighted by Crippen LogP contribution is 2.42. The number of carbonyl (C=O) groups excluding carboxylic acids is 1. The number of fused-ring (bicyclic) bond motifs is 8. The second-order valence-electron chi connectivity index (χ2n) is 20.0. The highest BCUT2D eigenvalue weighted by molar-refractivity contribution is 7.59. The molecule has 4 saturated heterocycles. The molecule has 2 aromatic carbocycles. The maximum absolute atomic E-state index is 13.6. The van der Waals surface area contributed by atoms with E-state index < -0.39 is 41.1 Å². The molecule has 0 aliphatic carbocycles. The van der Waals surface area contributed by atoms with Crippen molar-refractivity contribution in [1.29, 1.82) is 0 Å². The average molecular weight is 1220 g/mol. The lowest BCUT2D eigenvalue weighted by Gasteiger charge is -2.35. The lowest BCUT2D eigenvalue weighted by atomic mass is 10.1. The highest BCUT2D eigenvalue weighted by atomic mass is 32.1. The molecule has 0 saturated carbocycles. The predicted molar refractivity (Wildman–Crippen MR) is 317 cm³/mol. The first-order valence-corrected chi connectivity index (χ1v) is 25.2. The first kappa shape index (κ1) is 65.0. The van der Waals surface area contributed by atoms with E-state index in [-0.39, 0.29) is 96.7 Å². The van der Waals surface area contributed by atoms with Crippen LogP contribution in [0, 0.1) is 0 Å². The van der Waals surface area contributed by atoms with Crippen molar-refractivity contribution >= 4 is 94.7 Å². The molecule has 0 spiro atoms. The predicted octanol–water partition coefficient (Wildman–Crippen LogP) is 9.53.